The molecule has 0 aliphatic rings. The Hall–Kier alpha value is -1.52. The number of rotatable bonds is 7. The summed E-state index contributed by atoms with van der Waals surface area (Å²) in [5.41, 5.74) is 1.10. The normalized spacial score (nSPS) is 10.3. The van der Waals surface area contributed by atoms with Gasteiger partial charge in [-0.3, -0.25) is 0 Å². The van der Waals surface area contributed by atoms with E-state index in [0.29, 0.717) is 13.2 Å². The smallest absolute Gasteiger partial charge is 0.119 e. The largest absolute Gasteiger partial charge is 0.491 e. The van der Waals surface area contributed by atoms with Crippen molar-refractivity contribution in [1.29, 1.82) is 0 Å². The molecule has 0 radical (unpaired) electrons. The molecule has 1 heterocycles. The van der Waals surface area contributed by atoms with Crippen molar-refractivity contribution >= 4 is 17.0 Å². The molecule has 0 fully saturated rings. The van der Waals surface area contributed by atoms with Crippen LogP contribution in [0.5, 0.6) is 5.75 Å². The Morgan fingerprint density at radius 1 is 1.11 bits per heavy atom. The van der Waals surface area contributed by atoms with E-state index < -0.39 is 0 Å². The standard InChI is InChI=1S/C14H17NO2S/c1-16-8-9-17-13-6-4-12(5-7-13)15-11-14-3-2-10-18-14/h2-7,10,15H,8-9,11H2,1H3. The third-order valence-electron chi connectivity index (χ3n) is 2.46. The molecule has 3 nitrogen and oxygen atoms in total. The molecule has 0 saturated carbocycles. The van der Waals surface area contributed by atoms with Crippen LogP contribution in [0.2, 0.25) is 0 Å². The lowest BCUT2D eigenvalue weighted by Crippen LogP contribution is -2.04. The Morgan fingerprint density at radius 3 is 2.61 bits per heavy atom. The van der Waals surface area contributed by atoms with Crippen LogP contribution in [0, 0.1) is 0 Å². The first-order chi connectivity index (χ1) is 8.88. The van der Waals surface area contributed by atoms with Crippen molar-refractivity contribution in [3.8, 4) is 5.75 Å². The van der Waals surface area contributed by atoms with Crippen molar-refractivity contribution in [2.45, 2.75) is 6.54 Å². The van der Waals surface area contributed by atoms with Crippen LogP contribution < -0.4 is 10.1 Å². The number of hydrogen-bond acceptors (Lipinski definition) is 4. The molecule has 0 atom stereocenters. The summed E-state index contributed by atoms with van der Waals surface area (Å²) in [7, 11) is 1.67. The van der Waals surface area contributed by atoms with Crippen molar-refractivity contribution in [3.63, 3.8) is 0 Å². The number of hydrogen-bond donors (Lipinski definition) is 1. The van der Waals surface area contributed by atoms with E-state index in [2.05, 4.69) is 22.8 Å². The zero-order valence-electron chi connectivity index (χ0n) is 10.4. The van der Waals surface area contributed by atoms with Crippen LogP contribution in [0.3, 0.4) is 0 Å². The second kappa shape index (κ2) is 7.03. The fourth-order valence-corrected chi connectivity index (χ4v) is 2.16. The van der Waals surface area contributed by atoms with Crippen molar-refractivity contribution in [3.05, 3.63) is 46.7 Å². The van der Waals surface area contributed by atoms with E-state index in [1.165, 1.54) is 4.88 Å². The lowest BCUT2D eigenvalue weighted by atomic mass is 10.3. The average Bonchev–Trinajstić information content (AvgIpc) is 2.91. The Bertz CT molecular complexity index is 439. The van der Waals surface area contributed by atoms with Gasteiger partial charge < -0.3 is 14.8 Å². The Kier molecular flexibility index (Phi) is 5.05. The molecule has 0 aliphatic heterocycles. The number of nitrogens with one attached hydrogen (secondary N) is 1. The lowest BCUT2D eigenvalue weighted by molar-refractivity contribution is 0.146. The van der Waals surface area contributed by atoms with Crippen LogP contribution in [-0.2, 0) is 11.3 Å². The molecule has 0 saturated heterocycles. The van der Waals surface area contributed by atoms with Gasteiger partial charge in [-0.1, -0.05) is 6.07 Å². The average molecular weight is 263 g/mol. The summed E-state index contributed by atoms with van der Waals surface area (Å²) in [6, 6.07) is 12.2. The van der Waals surface area contributed by atoms with Gasteiger partial charge in [0.2, 0.25) is 0 Å². The Morgan fingerprint density at radius 2 is 1.94 bits per heavy atom. The van der Waals surface area contributed by atoms with Gasteiger partial charge in [-0.15, -0.1) is 11.3 Å². The molecule has 18 heavy (non-hydrogen) atoms. The number of anilines is 1. The highest BCUT2D eigenvalue weighted by Crippen LogP contribution is 2.17. The maximum atomic E-state index is 5.50. The van der Waals surface area contributed by atoms with Crippen LogP contribution >= 0.6 is 11.3 Å². The summed E-state index contributed by atoms with van der Waals surface area (Å²) in [5, 5.41) is 5.46. The summed E-state index contributed by atoms with van der Waals surface area (Å²) in [6.07, 6.45) is 0. The predicted molar refractivity (Wildman–Crippen MR) is 75.5 cm³/mol. The molecule has 1 aromatic heterocycles. The van der Waals surface area contributed by atoms with Gasteiger partial charge in [-0.2, -0.15) is 0 Å². The Labute approximate surface area is 111 Å². The molecule has 0 aliphatic carbocycles. The van der Waals surface area contributed by atoms with Gasteiger partial charge in [0.1, 0.15) is 12.4 Å². The van der Waals surface area contributed by atoms with Gasteiger partial charge in [0.25, 0.3) is 0 Å². The van der Waals surface area contributed by atoms with E-state index in [-0.39, 0.29) is 0 Å². The zero-order valence-corrected chi connectivity index (χ0v) is 11.2. The van der Waals surface area contributed by atoms with E-state index in [4.69, 9.17) is 9.47 Å². The molecule has 2 rings (SSSR count). The molecule has 4 heteroatoms. The van der Waals surface area contributed by atoms with Gasteiger partial charge in [0, 0.05) is 24.2 Å². The molecule has 1 aromatic carbocycles. The fourth-order valence-electron chi connectivity index (χ4n) is 1.51. The molecule has 0 amide bonds. The number of benzene rings is 1. The third-order valence-corrected chi connectivity index (χ3v) is 3.33. The summed E-state index contributed by atoms with van der Waals surface area (Å²) in [4.78, 5) is 1.33. The van der Waals surface area contributed by atoms with Crippen LogP contribution in [0.1, 0.15) is 4.88 Å². The second-order valence-electron chi connectivity index (χ2n) is 3.80. The summed E-state index contributed by atoms with van der Waals surface area (Å²) in [6.45, 7) is 2.05. The number of methoxy groups -OCH3 is 1. The number of ether oxygens (including phenoxy) is 2. The SMILES string of the molecule is COCCOc1ccc(NCc2cccs2)cc1. The highest BCUT2D eigenvalue weighted by atomic mass is 32.1. The Balaban J connectivity index is 1.80. The van der Waals surface area contributed by atoms with Gasteiger partial charge in [0.05, 0.1) is 6.61 Å². The van der Waals surface area contributed by atoms with Crippen LogP contribution in [-0.4, -0.2) is 20.3 Å². The molecule has 1 N–H and O–H groups in total. The summed E-state index contributed by atoms with van der Waals surface area (Å²) >= 11 is 1.76. The van der Waals surface area contributed by atoms with Gasteiger partial charge in [-0.05, 0) is 35.7 Å². The topological polar surface area (TPSA) is 30.5 Å². The van der Waals surface area contributed by atoms with Gasteiger partial charge in [-0.25, -0.2) is 0 Å². The van der Waals surface area contributed by atoms with Crippen molar-refractivity contribution in [2.24, 2.45) is 0 Å². The van der Waals surface area contributed by atoms with E-state index >= 15 is 0 Å². The molecular formula is C14H17NO2S. The van der Waals surface area contributed by atoms with Crippen molar-refractivity contribution < 1.29 is 9.47 Å². The molecule has 96 valence electrons. The monoisotopic (exact) mass is 263 g/mol. The van der Waals surface area contributed by atoms with Gasteiger partial charge in [0.15, 0.2) is 0 Å². The molecule has 0 unspecified atom stereocenters. The first kappa shape index (κ1) is 12.9. The first-order valence-corrected chi connectivity index (χ1v) is 6.74. The van der Waals surface area contributed by atoms with E-state index in [9.17, 15) is 0 Å². The van der Waals surface area contributed by atoms with Crippen LogP contribution in [0.15, 0.2) is 41.8 Å². The quantitative estimate of drug-likeness (QED) is 0.777. The minimum absolute atomic E-state index is 0.582. The second-order valence-corrected chi connectivity index (χ2v) is 4.83. The molecular weight excluding hydrogens is 246 g/mol. The lowest BCUT2D eigenvalue weighted by Gasteiger charge is -2.08. The van der Waals surface area contributed by atoms with E-state index in [0.717, 1.165) is 18.0 Å². The third kappa shape index (κ3) is 4.05. The first-order valence-electron chi connectivity index (χ1n) is 5.86. The van der Waals surface area contributed by atoms with Gasteiger partial charge >= 0.3 is 0 Å². The zero-order chi connectivity index (χ0) is 12.6. The van der Waals surface area contributed by atoms with Crippen LogP contribution in [0.25, 0.3) is 0 Å². The predicted octanol–water partition coefficient (Wildman–Crippen LogP) is 3.39. The number of thiophene rings is 1. The molecule has 0 spiro atoms. The van der Waals surface area contributed by atoms with Crippen LogP contribution in [0.4, 0.5) is 5.69 Å². The van der Waals surface area contributed by atoms with E-state index in [1.54, 1.807) is 18.4 Å². The summed E-state index contributed by atoms with van der Waals surface area (Å²) in [5.74, 6) is 0.869. The van der Waals surface area contributed by atoms with Crippen molar-refractivity contribution in [1.82, 2.24) is 0 Å². The summed E-state index contributed by atoms with van der Waals surface area (Å²) < 4.78 is 10.4. The molecule has 0 bridgehead atoms. The van der Waals surface area contributed by atoms with E-state index in [1.807, 2.05) is 24.3 Å². The van der Waals surface area contributed by atoms with Crippen molar-refractivity contribution in [2.75, 3.05) is 25.6 Å². The minimum atomic E-state index is 0.582. The maximum Gasteiger partial charge on any atom is 0.119 e. The fraction of sp³-hybridized carbons (Fsp3) is 0.286. The molecule has 2 aromatic rings. The highest BCUT2D eigenvalue weighted by Gasteiger charge is 1.96. The maximum absolute atomic E-state index is 5.50. The highest BCUT2D eigenvalue weighted by molar-refractivity contribution is 7.09. The minimum Gasteiger partial charge on any atom is -0.491 e.